The molecule has 0 spiro atoms. The van der Waals surface area contributed by atoms with E-state index in [1.54, 1.807) is 0 Å². The summed E-state index contributed by atoms with van der Waals surface area (Å²) < 4.78 is 5.23. The van der Waals surface area contributed by atoms with Crippen LogP contribution in [0.15, 0.2) is 72.8 Å². The van der Waals surface area contributed by atoms with Crippen LogP contribution in [0.5, 0.6) is 0 Å². The molecule has 11 aromatic rings. The van der Waals surface area contributed by atoms with Crippen LogP contribution in [0, 0.1) is 24.7 Å². The average molecular weight is 1030 g/mol. The molecular formula is C74H76N2O2. The second kappa shape index (κ2) is 16.1. The molecule has 0 saturated heterocycles. The predicted octanol–water partition coefficient (Wildman–Crippen LogP) is 19.4. The molecule has 7 aromatic carbocycles. The third-order valence-corrected chi connectivity index (χ3v) is 22.4. The smallest absolute Gasteiger partial charge is 0.169 e. The highest BCUT2D eigenvalue weighted by molar-refractivity contribution is 6.33. The molecule has 0 atom stereocenters. The van der Waals surface area contributed by atoms with E-state index in [1.165, 1.54) is 143 Å². The highest BCUT2D eigenvalue weighted by Crippen LogP contribution is 2.58. The lowest BCUT2D eigenvalue weighted by atomic mass is 9.65. The topological polar surface area (TPSA) is 43.0 Å². The van der Waals surface area contributed by atoms with E-state index < -0.39 is 0 Å². The van der Waals surface area contributed by atoms with E-state index in [1.807, 2.05) is 0 Å². The Morgan fingerprint density at radius 3 is 1.01 bits per heavy atom. The van der Waals surface area contributed by atoms with Crippen molar-refractivity contribution in [2.24, 2.45) is 10.8 Å². The van der Waals surface area contributed by atoms with Gasteiger partial charge >= 0.3 is 0 Å². The van der Waals surface area contributed by atoms with Crippen molar-refractivity contribution in [3.63, 3.8) is 0 Å². The molecular weight excluding hydrogens is 949 g/mol. The molecule has 0 amide bonds. The fourth-order valence-corrected chi connectivity index (χ4v) is 17.4. The molecule has 0 N–H and O–H groups in total. The fourth-order valence-electron chi connectivity index (χ4n) is 17.4. The number of rotatable bonds is 8. The molecule has 78 heavy (non-hydrogen) atoms. The van der Waals surface area contributed by atoms with Gasteiger partial charge in [-0.3, -0.25) is 9.59 Å². The van der Waals surface area contributed by atoms with E-state index in [9.17, 15) is 0 Å². The quantitative estimate of drug-likeness (QED) is 0.152. The lowest BCUT2D eigenvalue weighted by Gasteiger charge is -2.38. The van der Waals surface area contributed by atoms with Gasteiger partial charge in [-0.25, -0.2) is 0 Å². The second-order valence-electron chi connectivity index (χ2n) is 26.6. The normalized spacial score (nSPS) is 23.3. The molecule has 394 valence electrons. The molecule has 0 aliphatic heterocycles. The van der Waals surface area contributed by atoms with Crippen LogP contribution >= 0.6 is 0 Å². The summed E-state index contributed by atoms with van der Waals surface area (Å²) in [4.78, 5) is 30.3. The summed E-state index contributed by atoms with van der Waals surface area (Å²) in [6.45, 7) is 28.0. The van der Waals surface area contributed by atoms with E-state index in [2.05, 4.69) is 165 Å². The molecule has 4 nitrogen and oxygen atoms in total. The van der Waals surface area contributed by atoms with E-state index in [-0.39, 0.29) is 21.7 Å². The van der Waals surface area contributed by atoms with Gasteiger partial charge in [-0.2, -0.15) is 0 Å². The van der Waals surface area contributed by atoms with Crippen molar-refractivity contribution in [2.45, 2.75) is 184 Å². The molecule has 4 heterocycles. The number of carbonyl (C=O) groups excluding carboxylic acids is 2. The van der Waals surface area contributed by atoms with Crippen molar-refractivity contribution >= 4 is 87.8 Å². The molecule has 4 aromatic heterocycles. The molecule has 4 bridgehead atoms. The Kier molecular flexibility index (Phi) is 10.0. The Bertz CT molecular complexity index is 4170. The molecule has 4 heteroatoms. The number of hydrogen-bond donors (Lipinski definition) is 0. The number of nitrogens with zero attached hydrogens (tertiary/aromatic N) is 2. The minimum absolute atomic E-state index is 0.0447. The Morgan fingerprint density at radius 1 is 0.372 bits per heavy atom. The number of Topliss-reactive ketones (excluding diaryl/α,β-unsaturated/α-hetero) is 2. The summed E-state index contributed by atoms with van der Waals surface area (Å²) in [6.07, 6.45) is 13.8. The average Bonchev–Trinajstić information content (AvgIpc) is 3.21. The lowest BCUT2D eigenvalue weighted by Crippen LogP contribution is -2.33. The lowest BCUT2D eigenvalue weighted by molar-refractivity contribution is 0.0726. The number of aryl methyl sites for hydroxylation is 8. The second-order valence-corrected chi connectivity index (χ2v) is 26.6. The number of aromatic nitrogens is 2. The first-order valence-corrected chi connectivity index (χ1v) is 30.4. The van der Waals surface area contributed by atoms with Crippen LogP contribution in [0.25, 0.3) is 98.4 Å². The zero-order valence-corrected chi connectivity index (χ0v) is 48.5. The SMILES string of the molecule is CCc1cc(CC)c(-c2cc3c4cc5c(cc4n4c6c(C)c7c8cc(-c9c(CC)cc(CC)cc9CC)cc9c%10cc%11c(cc%10n(c7c(C)c6c(c2)c34)c98)C(=O)C2(C)CCC%11(C)CC2)C(=O)C2(C)CCC5(C)CC2)c(CC)c1. The van der Waals surface area contributed by atoms with Gasteiger partial charge in [0, 0.05) is 65.0 Å². The van der Waals surface area contributed by atoms with Crippen molar-refractivity contribution in [3.8, 4) is 22.3 Å². The summed E-state index contributed by atoms with van der Waals surface area (Å²) in [5.74, 6) is 0.664. The number of ketones is 2. The van der Waals surface area contributed by atoms with Crippen LogP contribution in [0.2, 0.25) is 0 Å². The minimum Gasteiger partial charge on any atom is -0.308 e. The third kappa shape index (κ3) is 5.98. The van der Waals surface area contributed by atoms with E-state index >= 15 is 9.59 Å². The van der Waals surface area contributed by atoms with E-state index in [0.717, 1.165) is 112 Å². The first-order valence-electron chi connectivity index (χ1n) is 30.4. The standard InChI is InChI=1S/C74H76N2O2/c1-13-41-27-43(15-3)63(44(16-4)28-41)47-31-51-49-35-57-53(69(77)73(11)23-19-71(57,9)20-24-73)37-59(49)75-65-40(8)62-56-34-48(64-45(17-5)29-42(14-2)30-46(64)18-6)32-52-50-36-58-54(70(78)74(12)25-21-72(58,10)22-26-74)38-60(50)76(68(52)56)66(62)39(7)61(65)55(33-47)67(51)75/h27-38H,13-26H2,1-12H3. The third-order valence-electron chi connectivity index (χ3n) is 22.4. The van der Waals surface area contributed by atoms with Crippen LogP contribution in [0.3, 0.4) is 0 Å². The zero-order valence-electron chi connectivity index (χ0n) is 48.5. The Morgan fingerprint density at radius 2 is 0.692 bits per heavy atom. The van der Waals surface area contributed by atoms with Crippen LogP contribution in [-0.4, -0.2) is 20.4 Å². The van der Waals surface area contributed by atoms with Gasteiger partial charge in [-0.15, -0.1) is 0 Å². The van der Waals surface area contributed by atoms with E-state index in [0.29, 0.717) is 11.6 Å². The van der Waals surface area contributed by atoms with Crippen LogP contribution < -0.4 is 0 Å². The van der Waals surface area contributed by atoms with Crippen LogP contribution in [0.1, 0.15) is 197 Å². The monoisotopic (exact) mass is 1020 g/mol. The summed E-state index contributed by atoms with van der Waals surface area (Å²) in [7, 11) is 0. The molecule has 2 fully saturated rings. The number of fused-ring (bicyclic) bond motifs is 16. The summed E-state index contributed by atoms with van der Waals surface area (Å²) in [6, 6.07) is 29.8. The first kappa shape index (κ1) is 48.6. The van der Waals surface area contributed by atoms with Gasteiger partial charge in [-0.05, 0) is 241 Å². The largest absolute Gasteiger partial charge is 0.308 e. The van der Waals surface area contributed by atoms with Gasteiger partial charge in [-0.1, -0.05) is 93.5 Å². The van der Waals surface area contributed by atoms with Crippen molar-refractivity contribution in [1.82, 2.24) is 8.80 Å². The maximum absolute atomic E-state index is 15.1. The number of benzene rings is 7. The Hall–Kier alpha value is -6.52. The molecule has 2 saturated carbocycles. The van der Waals surface area contributed by atoms with Gasteiger partial charge in [0.25, 0.3) is 0 Å². The molecule has 6 aliphatic carbocycles. The minimum atomic E-state index is -0.340. The number of hydrogen-bond acceptors (Lipinski definition) is 2. The van der Waals surface area contributed by atoms with Crippen molar-refractivity contribution < 1.29 is 9.59 Å². The number of carbonyl (C=O) groups is 2. The van der Waals surface area contributed by atoms with Gasteiger partial charge in [0.1, 0.15) is 0 Å². The maximum Gasteiger partial charge on any atom is 0.169 e. The molecule has 6 aliphatic rings. The molecule has 17 rings (SSSR count). The van der Waals surface area contributed by atoms with Crippen molar-refractivity contribution in [3.05, 3.63) is 140 Å². The van der Waals surface area contributed by atoms with Gasteiger partial charge < -0.3 is 8.80 Å². The first-order chi connectivity index (χ1) is 37.4. The molecule has 0 unspecified atom stereocenters. The summed E-state index contributed by atoms with van der Waals surface area (Å²) in [5.41, 5.74) is 27.3. The summed E-state index contributed by atoms with van der Waals surface area (Å²) in [5, 5.41) is 10.2. The van der Waals surface area contributed by atoms with Gasteiger partial charge in [0.15, 0.2) is 11.6 Å². The van der Waals surface area contributed by atoms with Gasteiger partial charge in [0.05, 0.1) is 33.1 Å². The Labute approximate surface area is 460 Å². The van der Waals surface area contributed by atoms with Crippen LogP contribution in [-0.2, 0) is 49.4 Å². The maximum atomic E-state index is 15.1. The molecule has 0 radical (unpaired) electrons. The summed E-state index contributed by atoms with van der Waals surface area (Å²) >= 11 is 0. The van der Waals surface area contributed by atoms with Gasteiger partial charge in [0.2, 0.25) is 0 Å². The zero-order chi connectivity index (χ0) is 54.0. The van der Waals surface area contributed by atoms with Crippen LogP contribution in [0.4, 0.5) is 0 Å². The fraction of sp³-hybridized carbons (Fsp3) is 0.405. The highest BCUT2D eigenvalue weighted by Gasteiger charge is 2.50. The predicted molar refractivity (Wildman–Crippen MR) is 329 cm³/mol. The van der Waals surface area contributed by atoms with Crippen molar-refractivity contribution in [1.29, 1.82) is 0 Å². The van der Waals surface area contributed by atoms with E-state index in [4.69, 9.17) is 0 Å². The van der Waals surface area contributed by atoms with Crippen molar-refractivity contribution in [2.75, 3.05) is 0 Å². The Balaban J connectivity index is 1.15. The highest BCUT2D eigenvalue weighted by atomic mass is 16.1.